The van der Waals surface area contributed by atoms with E-state index in [-0.39, 0.29) is 52.5 Å². The van der Waals surface area contributed by atoms with Gasteiger partial charge in [0, 0.05) is 95.3 Å². The number of halogens is 2. The third-order valence-corrected chi connectivity index (χ3v) is 16.0. The number of H-pyrrole nitrogens is 1. The van der Waals surface area contributed by atoms with Crippen LogP contribution in [-0.2, 0) is 20.8 Å². The average Bonchev–Trinajstić information content (AvgIpc) is 3.42. The summed E-state index contributed by atoms with van der Waals surface area (Å²) in [4.78, 5) is 91.8. The SMILES string of the molecule is O=C(N[C@@H](C(=O)N1CCN(CC2CCN(CC(=O)N3CCN(C(=O)c4cc(Cc5n[nH]c(=O)c6ccccc56)ccc4F)CC3)CC2)CC1)C1CCCCC1)c1cccc([C@H]2CCCN(C(=O)CCl)C2)c1. The largest absolute Gasteiger partial charge is 0.341 e. The van der Waals surface area contributed by atoms with Gasteiger partial charge in [-0.1, -0.05) is 55.7 Å². The zero-order chi connectivity index (χ0) is 49.4. The number of carbonyl (C=O) groups is 5. The molecule has 4 aromatic rings. The Morgan fingerprint density at radius 2 is 1.42 bits per heavy atom. The number of amides is 5. The molecule has 5 fully saturated rings. The van der Waals surface area contributed by atoms with Crippen LogP contribution in [0.15, 0.2) is 71.5 Å². The molecule has 3 aromatic carbocycles. The van der Waals surface area contributed by atoms with Crippen LogP contribution in [-0.4, -0.2) is 173 Å². The number of hydrogen-bond donors (Lipinski definition) is 2. The normalized spacial score (nSPS) is 20.5. The van der Waals surface area contributed by atoms with Gasteiger partial charge in [-0.15, -0.1) is 11.6 Å². The number of piperazine rings is 2. The van der Waals surface area contributed by atoms with Gasteiger partial charge in [-0.05, 0) is 105 Å². The summed E-state index contributed by atoms with van der Waals surface area (Å²) in [5.74, 6) is -0.581. The van der Waals surface area contributed by atoms with E-state index in [0.29, 0.717) is 98.8 Å². The highest BCUT2D eigenvalue weighted by Gasteiger charge is 2.36. The molecular formula is C54H67ClFN9O6. The minimum Gasteiger partial charge on any atom is -0.341 e. The molecule has 17 heteroatoms. The van der Waals surface area contributed by atoms with Crippen molar-refractivity contribution in [3.05, 3.63) is 111 Å². The third-order valence-electron chi connectivity index (χ3n) is 15.8. The van der Waals surface area contributed by atoms with Gasteiger partial charge in [0.1, 0.15) is 17.7 Å². The fourth-order valence-electron chi connectivity index (χ4n) is 11.6. The Labute approximate surface area is 420 Å². The lowest BCUT2D eigenvalue weighted by atomic mass is 9.83. The Hall–Kier alpha value is -5.71. The van der Waals surface area contributed by atoms with Gasteiger partial charge in [-0.3, -0.25) is 38.6 Å². The lowest BCUT2D eigenvalue weighted by Gasteiger charge is -2.41. The van der Waals surface area contributed by atoms with Crippen LogP contribution in [0.4, 0.5) is 4.39 Å². The van der Waals surface area contributed by atoms with E-state index in [1.165, 1.54) is 6.07 Å². The number of likely N-dealkylation sites (tertiary alicyclic amines) is 2. The Morgan fingerprint density at radius 3 is 2.17 bits per heavy atom. The first-order chi connectivity index (χ1) is 34.5. The monoisotopic (exact) mass is 991 g/mol. The van der Waals surface area contributed by atoms with Gasteiger partial charge >= 0.3 is 0 Å². The topological polar surface area (TPSA) is 163 Å². The highest BCUT2D eigenvalue weighted by Crippen LogP contribution is 2.31. The van der Waals surface area contributed by atoms with Gasteiger partial charge in [0.15, 0.2) is 0 Å². The van der Waals surface area contributed by atoms with Gasteiger partial charge in [0.05, 0.1) is 23.2 Å². The van der Waals surface area contributed by atoms with E-state index in [1.807, 2.05) is 46.2 Å². The molecule has 5 heterocycles. The molecule has 71 heavy (non-hydrogen) atoms. The molecule has 0 radical (unpaired) electrons. The number of rotatable bonds is 13. The Bertz CT molecular complexity index is 2620. The van der Waals surface area contributed by atoms with Gasteiger partial charge in [-0.2, -0.15) is 5.10 Å². The van der Waals surface area contributed by atoms with Crippen LogP contribution in [0.2, 0.25) is 0 Å². The van der Waals surface area contributed by atoms with Crippen LogP contribution < -0.4 is 10.9 Å². The van der Waals surface area contributed by atoms with E-state index < -0.39 is 17.8 Å². The van der Waals surface area contributed by atoms with E-state index in [9.17, 15) is 28.8 Å². The molecule has 1 aliphatic carbocycles. The number of aromatic nitrogens is 2. The third kappa shape index (κ3) is 12.1. The maximum absolute atomic E-state index is 15.1. The molecule has 0 unspecified atom stereocenters. The van der Waals surface area contributed by atoms with Crippen molar-refractivity contribution in [2.75, 3.05) is 97.5 Å². The van der Waals surface area contributed by atoms with E-state index in [2.05, 4.69) is 25.3 Å². The second kappa shape index (κ2) is 23.2. The van der Waals surface area contributed by atoms with Crippen LogP contribution in [0.5, 0.6) is 0 Å². The molecule has 4 aliphatic heterocycles. The van der Waals surface area contributed by atoms with Crippen molar-refractivity contribution in [3.8, 4) is 0 Å². The number of hydrogen-bond acceptors (Lipinski definition) is 9. The molecule has 0 spiro atoms. The lowest BCUT2D eigenvalue weighted by molar-refractivity contribution is -0.137. The molecule has 5 aliphatic rings. The Balaban J connectivity index is 0.707. The Kier molecular flexibility index (Phi) is 16.4. The lowest BCUT2D eigenvalue weighted by Crippen LogP contribution is -2.57. The summed E-state index contributed by atoms with van der Waals surface area (Å²) in [5.41, 5.74) is 2.57. The van der Waals surface area contributed by atoms with Crippen molar-refractivity contribution in [2.45, 2.75) is 76.2 Å². The number of benzene rings is 3. The zero-order valence-electron chi connectivity index (χ0n) is 40.7. The van der Waals surface area contributed by atoms with Gasteiger partial charge in [0.25, 0.3) is 17.4 Å². The van der Waals surface area contributed by atoms with Crippen molar-refractivity contribution in [2.24, 2.45) is 11.8 Å². The van der Waals surface area contributed by atoms with Crippen LogP contribution in [0.3, 0.4) is 0 Å². The number of carbonyl (C=O) groups excluding carboxylic acids is 5. The molecule has 1 saturated carbocycles. The van der Waals surface area contributed by atoms with Crippen LogP contribution in [0, 0.1) is 17.7 Å². The molecule has 4 saturated heterocycles. The second-order valence-electron chi connectivity index (χ2n) is 20.3. The minimum atomic E-state index is -0.607. The number of nitrogens with zero attached hydrogens (tertiary/aromatic N) is 7. The zero-order valence-corrected chi connectivity index (χ0v) is 41.4. The van der Waals surface area contributed by atoms with Gasteiger partial charge in [0.2, 0.25) is 17.7 Å². The number of aromatic amines is 1. The summed E-state index contributed by atoms with van der Waals surface area (Å²) in [5, 5.41) is 11.2. The number of fused-ring (bicyclic) bond motifs is 1. The molecule has 2 atom stereocenters. The molecule has 0 bridgehead atoms. The van der Waals surface area contributed by atoms with Crippen LogP contribution in [0.1, 0.15) is 101 Å². The number of piperidine rings is 2. The van der Waals surface area contributed by atoms with Gasteiger partial charge < -0.3 is 24.9 Å². The standard InChI is InChI=1S/C54H67ClFN9O6/c55-33-48(66)65-19-7-12-42(35-65)40-10-6-11-41(32-40)51(68)57-50(39-8-2-1-3-9-39)54(71)64-24-22-61(23-25-64)34-37-17-20-60(21-18-37)36-49(67)62-26-28-63(29-27-62)53(70)45-30-38(15-16-46(45)56)31-47-43-13-4-5-14-44(43)52(69)59-58-47/h4-6,10-11,13-16,30,32,37,39,42,50H,1-3,7-9,12,17-29,31,33-36H2,(H,57,68)(H,59,69)/t42-,50+/m0/s1. The smallest absolute Gasteiger partial charge is 0.272 e. The molecular weight excluding hydrogens is 925 g/mol. The molecule has 2 N–H and O–H groups in total. The highest BCUT2D eigenvalue weighted by atomic mass is 35.5. The van der Waals surface area contributed by atoms with E-state index >= 15 is 4.39 Å². The fourth-order valence-corrected chi connectivity index (χ4v) is 11.7. The molecule has 1 aromatic heterocycles. The minimum absolute atomic E-state index is 0.0147. The summed E-state index contributed by atoms with van der Waals surface area (Å²) < 4.78 is 15.1. The quantitative estimate of drug-likeness (QED) is 0.173. The van der Waals surface area contributed by atoms with Crippen molar-refractivity contribution >= 4 is 51.9 Å². The van der Waals surface area contributed by atoms with E-state index in [0.717, 1.165) is 96.1 Å². The first-order valence-electron chi connectivity index (χ1n) is 25.8. The van der Waals surface area contributed by atoms with Crippen molar-refractivity contribution in [1.29, 1.82) is 0 Å². The van der Waals surface area contributed by atoms with E-state index in [1.54, 1.807) is 34.1 Å². The van der Waals surface area contributed by atoms with Crippen LogP contribution >= 0.6 is 11.6 Å². The van der Waals surface area contributed by atoms with Crippen molar-refractivity contribution in [3.63, 3.8) is 0 Å². The summed E-state index contributed by atoms with van der Waals surface area (Å²) in [7, 11) is 0. The average molecular weight is 993 g/mol. The Morgan fingerprint density at radius 1 is 0.704 bits per heavy atom. The summed E-state index contributed by atoms with van der Waals surface area (Å²) in [6.45, 7) is 8.39. The summed E-state index contributed by atoms with van der Waals surface area (Å²) in [6, 6.07) is 18.7. The molecule has 9 rings (SSSR count). The predicted molar refractivity (Wildman–Crippen MR) is 270 cm³/mol. The van der Waals surface area contributed by atoms with Crippen LogP contribution in [0.25, 0.3) is 10.8 Å². The fraction of sp³-hybridized carbons (Fsp3) is 0.537. The molecule has 378 valence electrons. The molecule has 5 amide bonds. The highest BCUT2D eigenvalue weighted by molar-refractivity contribution is 6.27. The first kappa shape index (κ1) is 50.2. The van der Waals surface area contributed by atoms with Crippen molar-refractivity contribution in [1.82, 2.24) is 44.9 Å². The maximum atomic E-state index is 15.1. The van der Waals surface area contributed by atoms with Gasteiger partial charge in [-0.25, -0.2) is 9.49 Å². The van der Waals surface area contributed by atoms with E-state index in [4.69, 9.17) is 11.6 Å². The van der Waals surface area contributed by atoms with Crippen molar-refractivity contribution < 1.29 is 28.4 Å². The number of nitrogens with one attached hydrogen (secondary N) is 2. The maximum Gasteiger partial charge on any atom is 0.272 e. The predicted octanol–water partition coefficient (Wildman–Crippen LogP) is 5.12. The first-order valence-corrected chi connectivity index (χ1v) is 26.3. The summed E-state index contributed by atoms with van der Waals surface area (Å²) >= 11 is 5.86. The molecule has 15 nitrogen and oxygen atoms in total. The summed E-state index contributed by atoms with van der Waals surface area (Å²) in [6.07, 6.45) is 9.19. The second-order valence-corrected chi connectivity index (χ2v) is 20.6. The number of alkyl halides is 1.